The molecule has 0 heterocycles. The van der Waals surface area contributed by atoms with Gasteiger partial charge in [-0.3, -0.25) is 0 Å². The Labute approximate surface area is 134 Å². The second-order valence-electron chi connectivity index (χ2n) is 6.44. The zero-order valence-corrected chi connectivity index (χ0v) is 14.7. The lowest BCUT2D eigenvalue weighted by atomic mass is 9.71. The van der Waals surface area contributed by atoms with Crippen LogP contribution < -0.4 is 0 Å². The molecule has 0 amide bonds. The summed E-state index contributed by atoms with van der Waals surface area (Å²) in [5.41, 5.74) is -0.994. The van der Waals surface area contributed by atoms with E-state index < -0.39 is 23.5 Å². The molecule has 0 aliphatic rings. The van der Waals surface area contributed by atoms with Crippen LogP contribution in [0.4, 0.5) is 0 Å². The fraction of sp³-hybridized carbons (Fsp3) is 0.882. The van der Waals surface area contributed by atoms with Crippen LogP contribution in [0.15, 0.2) is 0 Å². The molecule has 0 rings (SSSR count). The molecule has 5 nitrogen and oxygen atoms in total. The zero-order valence-electron chi connectivity index (χ0n) is 14.7. The molecule has 2 atom stereocenters. The molecule has 2 unspecified atom stereocenters. The first-order chi connectivity index (χ1) is 10.3. The number of carbonyl (C=O) groups is 2. The fourth-order valence-electron chi connectivity index (χ4n) is 2.57. The minimum absolute atomic E-state index is 0.413. The van der Waals surface area contributed by atoms with E-state index in [4.69, 9.17) is 4.89 Å². The van der Waals surface area contributed by atoms with Crippen LogP contribution in [0.25, 0.3) is 0 Å². The largest absolute Gasteiger partial charge is 0.392 e. The van der Waals surface area contributed by atoms with E-state index in [0.29, 0.717) is 25.2 Å². The van der Waals surface area contributed by atoms with Crippen molar-refractivity contribution in [1.82, 2.24) is 0 Å². The third-order valence-electron chi connectivity index (χ3n) is 3.99. The molecule has 0 aromatic heterocycles. The molecule has 130 valence electrons. The van der Waals surface area contributed by atoms with Crippen molar-refractivity contribution in [3.05, 3.63) is 0 Å². The van der Waals surface area contributed by atoms with Gasteiger partial charge in [0.1, 0.15) is 0 Å². The summed E-state index contributed by atoms with van der Waals surface area (Å²) in [6.45, 7) is 9.34. The van der Waals surface area contributed by atoms with Gasteiger partial charge in [0.15, 0.2) is 0 Å². The SMILES string of the molecule is CCCCC(CCC(C)C)(C(=O)OOC(C)=O)C(O)CCC. The smallest absolute Gasteiger partial charge is 0.364 e. The molecule has 0 aromatic rings. The Morgan fingerprint density at radius 2 is 1.68 bits per heavy atom. The third-order valence-corrected chi connectivity index (χ3v) is 3.99. The maximum absolute atomic E-state index is 12.5. The van der Waals surface area contributed by atoms with E-state index in [1.165, 1.54) is 6.92 Å². The zero-order chi connectivity index (χ0) is 17.2. The number of hydrogen-bond donors (Lipinski definition) is 1. The van der Waals surface area contributed by atoms with Gasteiger partial charge >= 0.3 is 11.9 Å². The van der Waals surface area contributed by atoms with Gasteiger partial charge in [0.05, 0.1) is 11.5 Å². The van der Waals surface area contributed by atoms with Gasteiger partial charge in [0.2, 0.25) is 0 Å². The van der Waals surface area contributed by atoms with E-state index in [2.05, 4.69) is 18.7 Å². The van der Waals surface area contributed by atoms with Gasteiger partial charge in [-0.2, -0.15) is 0 Å². The predicted octanol–water partition coefficient (Wildman–Crippen LogP) is 3.78. The average Bonchev–Trinajstić information content (AvgIpc) is 2.45. The number of aliphatic hydroxyl groups excluding tert-OH is 1. The van der Waals surface area contributed by atoms with Gasteiger partial charge in [0, 0.05) is 6.92 Å². The summed E-state index contributed by atoms with van der Waals surface area (Å²) in [6, 6.07) is 0. The quantitative estimate of drug-likeness (QED) is 0.490. The number of hydrogen-bond acceptors (Lipinski definition) is 5. The van der Waals surface area contributed by atoms with Crippen molar-refractivity contribution in [3.63, 3.8) is 0 Å². The minimum atomic E-state index is -0.994. The Bertz CT molecular complexity index is 340. The van der Waals surface area contributed by atoms with E-state index in [9.17, 15) is 14.7 Å². The number of aliphatic hydroxyl groups is 1. The Morgan fingerprint density at radius 1 is 1.05 bits per heavy atom. The third kappa shape index (κ3) is 6.77. The Kier molecular flexibility index (Phi) is 10.1. The monoisotopic (exact) mass is 316 g/mol. The highest BCUT2D eigenvalue weighted by atomic mass is 17.2. The Balaban J connectivity index is 5.29. The van der Waals surface area contributed by atoms with Crippen LogP contribution in [0, 0.1) is 11.3 Å². The number of unbranched alkanes of at least 4 members (excludes halogenated alkanes) is 1. The molecule has 0 radical (unpaired) electrons. The van der Waals surface area contributed by atoms with Crippen molar-refractivity contribution < 1.29 is 24.5 Å². The standard InChI is InChI=1S/C17H32O5/c1-6-8-11-17(12-10-13(3)4,15(19)9-7-2)16(20)22-21-14(5)18/h13,15,19H,6-12H2,1-5H3. The van der Waals surface area contributed by atoms with Crippen LogP contribution in [-0.2, 0) is 19.4 Å². The predicted molar refractivity (Wildman–Crippen MR) is 84.8 cm³/mol. The van der Waals surface area contributed by atoms with Crippen LogP contribution in [0.5, 0.6) is 0 Å². The number of rotatable bonds is 10. The fourth-order valence-corrected chi connectivity index (χ4v) is 2.57. The topological polar surface area (TPSA) is 72.8 Å². The molecule has 0 aliphatic heterocycles. The summed E-state index contributed by atoms with van der Waals surface area (Å²) in [5.74, 6) is -0.888. The molecular formula is C17H32O5. The van der Waals surface area contributed by atoms with Crippen LogP contribution in [0.2, 0.25) is 0 Å². The van der Waals surface area contributed by atoms with Gasteiger partial charge < -0.3 is 5.11 Å². The van der Waals surface area contributed by atoms with Crippen molar-refractivity contribution in [2.75, 3.05) is 0 Å². The highest BCUT2D eigenvalue weighted by Gasteiger charge is 2.46. The molecule has 0 aromatic carbocycles. The van der Waals surface area contributed by atoms with E-state index in [1.54, 1.807) is 0 Å². The van der Waals surface area contributed by atoms with Crippen LogP contribution in [-0.4, -0.2) is 23.1 Å². The Hall–Kier alpha value is -1.10. The van der Waals surface area contributed by atoms with E-state index in [1.807, 2.05) is 13.8 Å². The summed E-state index contributed by atoms with van der Waals surface area (Å²) >= 11 is 0. The molecule has 0 saturated heterocycles. The van der Waals surface area contributed by atoms with Crippen molar-refractivity contribution in [2.45, 2.75) is 85.7 Å². The molecule has 5 heteroatoms. The second-order valence-corrected chi connectivity index (χ2v) is 6.44. The maximum atomic E-state index is 12.5. The van der Waals surface area contributed by atoms with Gasteiger partial charge in [0.25, 0.3) is 0 Å². The van der Waals surface area contributed by atoms with E-state index in [-0.39, 0.29) is 0 Å². The molecule has 22 heavy (non-hydrogen) atoms. The molecule has 1 N–H and O–H groups in total. The molecule has 0 aliphatic carbocycles. The first-order valence-corrected chi connectivity index (χ1v) is 8.37. The van der Waals surface area contributed by atoms with Crippen LogP contribution >= 0.6 is 0 Å². The lowest BCUT2D eigenvalue weighted by Crippen LogP contribution is -2.44. The van der Waals surface area contributed by atoms with Crippen molar-refractivity contribution >= 4 is 11.9 Å². The van der Waals surface area contributed by atoms with Crippen LogP contribution in [0.3, 0.4) is 0 Å². The summed E-state index contributed by atoms with van der Waals surface area (Å²) < 4.78 is 0. The Morgan fingerprint density at radius 3 is 2.14 bits per heavy atom. The summed E-state index contributed by atoms with van der Waals surface area (Å²) in [4.78, 5) is 32.6. The second kappa shape index (κ2) is 10.6. The number of carbonyl (C=O) groups excluding carboxylic acids is 2. The highest BCUT2D eigenvalue weighted by Crippen LogP contribution is 2.39. The minimum Gasteiger partial charge on any atom is -0.392 e. The van der Waals surface area contributed by atoms with E-state index in [0.717, 1.165) is 25.7 Å². The average molecular weight is 316 g/mol. The highest BCUT2D eigenvalue weighted by molar-refractivity contribution is 5.78. The van der Waals surface area contributed by atoms with Crippen molar-refractivity contribution in [1.29, 1.82) is 0 Å². The van der Waals surface area contributed by atoms with Gasteiger partial charge in [-0.15, -0.1) is 0 Å². The first-order valence-electron chi connectivity index (χ1n) is 8.37. The van der Waals surface area contributed by atoms with Crippen LogP contribution in [0.1, 0.15) is 79.6 Å². The van der Waals surface area contributed by atoms with Gasteiger partial charge in [-0.05, 0) is 31.6 Å². The maximum Gasteiger partial charge on any atom is 0.364 e. The molecule has 0 saturated carbocycles. The van der Waals surface area contributed by atoms with E-state index >= 15 is 0 Å². The molecular weight excluding hydrogens is 284 g/mol. The summed E-state index contributed by atoms with van der Waals surface area (Å²) in [7, 11) is 0. The van der Waals surface area contributed by atoms with Crippen molar-refractivity contribution in [3.8, 4) is 0 Å². The van der Waals surface area contributed by atoms with Gasteiger partial charge in [-0.1, -0.05) is 47.0 Å². The summed E-state index contributed by atoms with van der Waals surface area (Å²) in [5, 5.41) is 10.6. The molecule has 0 fully saturated rings. The lowest BCUT2D eigenvalue weighted by Gasteiger charge is -2.35. The molecule has 0 spiro atoms. The summed E-state index contributed by atoms with van der Waals surface area (Å²) in [6.07, 6.45) is 4.13. The first kappa shape index (κ1) is 20.9. The van der Waals surface area contributed by atoms with Gasteiger partial charge in [-0.25, -0.2) is 19.4 Å². The van der Waals surface area contributed by atoms with Crippen molar-refractivity contribution in [2.24, 2.45) is 11.3 Å². The lowest BCUT2D eigenvalue weighted by molar-refractivity contribution is -0.269. The normalized spacial score (nSPS) is 15.2. The molecule has 0 bridgehead atoms.